The fourth-order valence-electron chi connectivity index (χ4n) is 2.92. The Bertz CT molecular complexity index is 1100. The molecule has 0 fully saturated rings. The van der Waals surface area contributed by atoms with Crippen LogP contribution in [0.25, 0.3) is 0 Å². The summed E-state index contributed by atoms with van der Waals surface area (Å²) >= 11 is 2.15. The summed E-state index contributed by atoms with van der Waals surface area (Å²) < 4.78 is 28.6. The van der Waals surface area contributed by atoms with Gasteiger partial charge in [-0.05, 0) is 82.6 Å². The van der Waals surface area contributed by atoms with E-state index in [1.54, 1.807) is 30.3 Å². The van der Waals surface area contributed by atoms with Crippen molar-refractivity contribution in [1.29, 1.82) is 0 Å². The normalized spacial score (nSPS) is 11.3. The highest BCUT2D eigenvalue weighted by atomic mass is 127. The predicted octanol–water partition coefficient (Wildman–Crippen LogP) is 5.25. The van der Waals surface area contributed by atoms with Gasteiger partial charge < -0.3 is 5.32 Å². The number of carbonyl (C=O) groups excluding carboxylic acids is 1. The van der Waals surface area contributed by atoms with Gasteiger partial charge in [-0.15, -0.1) is 0 Å². The molecule has 0 spiro atoms. The molecule has 0 heterocycles. The van der Waals surface area contributed by atoms with Crippen LogP contribution in [-0.2, 0) is 14.8 Å². The average molecular weight is 534 g/mol. The van der Waals surface area contributed by atoms with Crippen LogP contribution in [0.5, 0.6) is 0 Å². The number of carbonyl (C=O) groups is 1. The van der Waals surface area contributed by atoms with Gasteiger partial charge in [-0.2, -0.15) is 0 Å². The molecule has 0 aliphatic heterocycles. The van der Waals surface area contributed by atoms with E-state index in [0.29, 0.717) is 17.3 Å². The third-order valence-corrected chi connectivity index (χ3v) is 7.10. The largest absolute Gasteiger partial charge is 0.325 e. The first-order valence-electron chi connectivity index (χ1n) is 9.50. The fraction of sp³-hybridized carbons (Fsp3) is 0.174. The van der Waals surface area contributed by atoms with Crippen LogP contribution in [0.2, 0.25) is 0 Å². The highest BCUT2D eigenvalue weighted by Gasteiger charge is 2.27. The summed E-state index contributed by atoms with van der Waals surface area (Å²) in [5, 5.41) is 2.80. The molecule has 0 bridgehead atoms. The first kappa shape index (κ1) is 22.3. The minimum atomic E-state index is -3.90. The molecule has 0 aliphatic carbocycles. The van der Waals surface area contributed by atoms with Gasteiger partial charge in [-0.3, -0.25) is 9.10 Å². The second-order valence-electron chi connectivity index (χ2n) is 7.13. The molecule has 0 atom stereocenters. The van der Waals surface area contributed by atoms with Gasteiger partial charge in [0.2, 0.25) is 5.91 Å². The van der Waals surface area contributed by atoms with Crippen molar-refractivity contribution in [2.24, 2.45) is 0 Å². The molecule has 156 valence electrons. The molecule has 0 saturated carbocycles. The van der Waals surface area contributed by atoms with Crippen molar-refractivity contribution in [3.05, 3.63) is 88.0 Å². The Kier molecular flexibility index (Phi) is 7.14. The standard InChI is InChI=1S/C23H23IN2O3S/c1-17(2)18-8-12-20(13-9-18)25-23(27)16-26(21-14-10-19(24)11-15-21)30(28,29)22-6-4-3-5-7-22/h3-15,17H,16H2,1-2H3,(H,25,27). The molecule has 3 rings (SSSR count). The summed E-state index contributed by atoms with van der Waals surface area (Å²) in [6.07, 6.45) is 0. The molecule has 5 nitrogen and oxygen atoms in total. The number of sulfonamides is 1. The summed E-state index contributed by atoms with van der Waals surface area (Å²) in [6, 6.07) is 22.7. The molecule has 30 heavy (non-hydrogen) atoms. The second-order valence-corrected chi connectivity index (χ2v) is 10.2. The van der Waals surface area contributed by atoms with Crippen LogP contribution in [0.3, 0.4) is 0 Å². The number of halogens is 1. The zero-order chi connectivity index (χ0) is 21.7. The molecule has 3 aromatic rings. The van der Waals surface area contributed by atoms with Gasteiger partial charge in [0, 0.05) is 9.26 Å². The zero-order valence-corrected chi connectivity index (χ0v) is 19.7. The lowest BCUT2D eigenvalue weighted by Gasteiger charge is -2.24. The number of amides is 1. The molecular formula is C23H23IN2O3S. The quantitative estimate of drug-likeness (QED) is 0.422. The van der Waals surface area contributed by atoms with Crippen molar-refractivity contribution in [2.45, 2.75) is 24.7 Å². The van der Waals surface area contributed by atoms with Gasteiger partial charge in [0.15, 0.2) is 0 Å². The first-order chi connectivity index (χ1) is 14.3. The second kappa shape index (κ2) is 9.61. The van der Waals surface area contributed by atoms with Crippen LogP contribution in [0.15, 0.2) is 83.8 Å². The fourth-order valence-corrected chi connectivity index (χ4v) is 4.73. The van der Waals surface area contributed by atoms with E-state index in [1.165, 1.54) is 17.7 Å². The summed E-state index contributed by atoms with van der Waals surface area (Å²) in [5.74, 6) is -0.0208. The monoisotopic (exact) mass is 534 g/mol. The Labute approximate surface area is 191 Å². The lowest BCUT2D eigenvalue weighted by Crippen LogP contribution is -2.38. The topological polar surface area (TPSA) is 66.5 Å². The van der Waals surface area contributed by atoms with Crippen molar-refractivity contribution in [1.82, 2.24) is 0 Å². The Morgan fingerprint density at radius 2 is 1.53 bits per heavy atom. The van der Waals surface area contributed by atoms with Crippen LogP contribution in [0, 0.1) is 3.57 Å². The molecule has 0 saturated heterocycles. The molecule has 0 aliphatic rings. The number of anilines is 2. The first-order valence-corrected chi connectivity index (χ1v) is 12.0. The smallest absolute Gasteiger partial charge is 0.264 e. The van der Waals surface area contributed by atoms with E-state index in [2.05, 4.69) is 41.8 Å². The van der Waals surface area contributed by atoms with Gasteiger partial charge in [-0.25, -0.2) is 8.42 Å². The minimum Gasteiger partial charge on any atom is -0.325 e. The number of benzene rings is 3. The van der Waals surface area contributed by atoms with E-state index in [4.69, 9.17) is 0 Å². The molecule has 0 unspecified atom stereocenters. The van der Waals surface area contributed by atoms with Crippen LogP contribution in [0.4, 0.5) is 11.4 Å². The third-order valence-electron chi connectivity index (χ3n) is 4.59. The third kappa shape index (κ3) is 5.40. The Hall–Kier alpha value is -2.39. The van der Waals surface area contributed by atoms with Crippen molar-refractivity contribution in [3.63, 3.8) is 0 Å². The van der Waals surface area contributed by atoms with Gasteiger partial charge in [0.05, 0.1) is 10.6 Å². The molecular weight excluding hydrogens is 511 g/mol. The van der Waals surface area contributed by atoms with Gasteiger partial charge >= 0.3 is 0 Å². The maximum Gasteiger partial charge on any atom is 0.264 e. The van der Waals surface area contributed by atoms with E-state index in [9.17, 15) is 13.2 Å². The van der Waals surface area contributed by atoms with Crippen LogP contribution >= 0.6 is 22.6 Å². The molecule has 7 heteroatoms. The minimum absolute atomic E-state index is 0.137. The lowest BCUT2D eigenvalue weighted by atomic mass is 10.0. The Morgan fingerprint density at radius 3 is 2.10 bits per heavy atom. The van der Waals surface area contributed by atoms with Gasteiger partial charge in [0.25, 0.3) is 10.0 Å². The molecule has 3 aromatic carbocycles. The zero-order valence-electron chi connectivity index (χ0n) is 16.7. The van der Waals surface area contributed by atoms with Crippen LogP contribution in [-0.4, -0.2) is 20.9 Å². The van der Waals surface area contributed by atoms with Gasteiger partial charge in [0.1, 0.15) is 6.54 Å². The molecule has 0 radical (unpaired) electrons. The lowest BCUT2D eigenvalue weighted by molar-refractivity contribution is -0.114. The number of hydrogen-bond acceptors (Lipinski definition) is 3. The molecule has 1 amide bonds. The summed E-state index contributed by atoms with van der Waals surface area (Å²) in [5.41, 5.74) is 2.23. The van der Waals surface area contributed by atoms with Crippen LogP contribution < -0.4 is 9.62 Å². The number of nitrogens with one attached hydrogen (secondary N) is 1. The van der Waals surface area contributed by atoms with Crippen molar-refractivity contribution < 1.29 is 13.2 Å². The maximum atomic E-state index is 13.3. The SMILES string of the molecule is CC(C)c1ccc(NC(=O)CN(c2ccc(I)cc2)S(=O)(=O)c2ccccc2)cc1. The Morgan fingerprint density at radius 1 is 0.933 bits per heavy atom. The van der Waals surface area contributed by atoms with Crippen molar-refractivity contribution >= 4 is 49.9 Å². The molecule has 1 N–H and O–H groups in total. The Balaban J connectivity index is 1.87. The highest BCUT2D eigenvalue weighted by Crippen LogP contribution is 2.25. The summed E-state index contributed by atoms with van der Waals surface area (Å²) in [6.45, 7) is 3.87. The van der Waals surface area contributed by atoms with Crippen LogP contribution in [0.1, 0.15) is 25.3 Å². The highest BCUT2D eigenvalue weighted by molar-refractivity contribution is 14.1. The van der Waals surface area contributed by atoms with E-state index in [1.807, 2.05) is 36.4 Å². The van der Waals surface area contributed by atoms with Gasteiger partial charge in [-0.1, -0.05) is 44.2 Å². The van der Waals surface area contributed by atoms with Crippen molar-refractivity contribution in [2.75, 3.05) is 16.2 Å². The van der Waals surface area contributed by atoms with E-state index in [-0.39, 0.29) is 11.4 Å². The molecule has 0 aromatic heterocycles. The predicted molar refractivity (Wildman–Crippen MR) is 129 cm³/mol. The number of hydrogen-bond donors (Lipinski definition) is 1. The summed E-state index contributed by atoms with van der Waals surface area (Å²) in [4.78, 5) is 12.9. The average Bonchev–Trinajstić information content (AvgIpc) is 2.74. The van der Waals surface area contributed by atoms with Crippen molar-refractivity contribution in [3.8, 4) is 0 Å². The van der Waals surface area contributed by atoms with E-state index in [0.717, 1.165) is 7.88 Å². The maximum absolute atomic E-state index is 13.3. The summed E-state index contributed by atoms with van der Waals surface area (Å²) in [7, 11) is -3.90. The van der Waals surface area contributed by atoms with E-state index >= 15 is 0 Å². The van der Waals surface area contributed by atoms with E-state index < -0.39 is 15.9 Å². The number of nitrogens with zero attached hydrogens (tertiary/aromatic N) is 1. The number of rotatable bonds is 7.